The van der Waals surface area contributed by atoms with Crippen molar-refractivity contribution in [1.82, 2.24) is 14.9 Å². The largest absolute Gasteiger partial charge is 0.329 e. The van der Waals surface area contributed by atoms with E-state index in [1.54, 1.807) is 0 Å². The third-order valence-corrected chi connectivity index (χ3v) is 4.80. The maximum absolute atomic E-state index is 4.86. The standard InChI is InChI=1S/C15H25N3/c1-3-15-17-13-10-16-9-8-14(13)18(15)11(2)12-6-4-5-7-12/h11-12,16H,3-10H2,1-2H3. The Labute approximate surface area is 110 Å². The second-order valence-corrected chi connectivity index (χ2v) is 5.86. The normalized spacial score (nSPS) is 22.1. The molecule has 2 aliphatic rings. The van der Waals surface area contributed by atoms with Gasteiger partial charge < -0.3 is 9.88 Å². The van der Waals surface area contributed by atoms with Crippen molar-refractivity contribution in [3.63, 3.8) is 0 Å². The summed E-state index contributed by atoms with van der Waals surface area (Å²) < 4.78 is 2.59. The molecule has 3 heteroatoms. The molecule has 0 amide bonds. The highest BCUT2D eigenvalue weighted by Gasteiger charge is 2.28. The van der Waals surface area contributed by atoms with Crippen molar-refractivity contribution in [1.29, 1.82) is 0 Å². The molecule has 1 aliphatic carbocycles. The Kier molecular flexibility index (Phi) is 3.42. The van der Waals surface area contributed by atoms with Gasteiger partial charge in [0.2, 0.25) is 0 Å². The molecule has 0 bridgehead atoms. The van der Waals surface area contributed by atoms with Gasteiger partial charge in [-0.2, -0.15) is 0 Å². The molecule has 1 saturated carbocycles. The van der Waals surface area contributed by atoms with Crippen molar-refractivity contribution < 1.29 is 0 Å². The van der Waals surface area contributed by atoms with Crippen LogP contribution >= 0.6 is 0 Å². The topological polar surface area (TPSA) is 29.9 Å². The number of rotatable bonds is 3. The van der Waals surface area contributed by atoms with Gasteiger partial charge in [-0.25, -0.2) is 4.98 Å². The molecule has 1 aromatic rings. The van der Waals surface area contributed by atoms with Crippen LogP contribution in [0.1, 0.15) is 62.8 Å². The van der Waals surface area contributed by atoms with Crippen molar-refractivity contribution in [2.75, 3.05) is 6.54 Å². The second-order valence-electron chi connectivity index (χ2n) is 5.86. The summed E-state index contributed by atoms with van der Waals surface area (Å²) in [5.41, 5.74) is 2.83. The number of nitrogens with one attached hydrogen (secondary N) is 1. The molecular weight excluding hydrogens is 222 g/mol. The third kappa shape index (κ3) is 1.99. The summed E-state index contributed by atoms with van der Waals surface area (Å²) in [4.78, 5) is 4.86. The van der Waals surface area contributed by atoms with Crippen LogP contribution in [0.4, 0.5) is 0 Å². The van der Waals surface area contributed by atoms with Crippen LogP contribution in [0.3, 0.4) is 0 Å². The number of hydrogen-bond acceptors (Lipinski definition) is 2. The second kappa shape index (κ2) is 5.04. The van der Waals surface area contributed by atoms with Crippen molar-refractivity contribution in [3.8, 4) is 0 Å². The molecule has 0 aromatic carbocycles. The molecule has 1 aliphatic heterocycles. The molecule has 3 rings (SSSR count). The highest BCUT2D eigenvalue weighted by molar-refractivity contribution is 5.21. The lowest BCUT2D eigenvalue weighted by Gasteiger charge is -2.26. The molecule has 0 saturated heterocycles. The lowest BCUT2D eigenvalue weighted by Crippen LogP contribution is -2.27. The van der Waals surface area contributed by atoms with E-state index < -0.39 is 0 Å². The molecule has 1 N–H and O–H groups in total. The summed E-state index contributed by atoms with van der Waals surface area (Å²) >= 11 is 0. The Hall–Kier alpha value is -0.830. The minimum Gasteiger partial charge on any atom is -0.329 e. The zero-order valence-electron chi connectivity index (χ0n) is 11.7. The first kappa shape index (κ1) is 12.2. The van der Waals surface area contributed by atoms with Crippen LogP contribution in [0, 0.1) is 5.92 Å². The van der Waals surface area contributed by atoms with Crippen molar-refractivity contribution in [3.05, 3.63) is 17.2 Å². The molecule has 18 heavy (non-hydrogen) atoms. The van der Waals surface area contributed by atoms with E-state index in [4.69, 9.17) is 4.98 Å². The molecule has 1 aromatic heterocycles. The molecule has 0 spiro atoms. The van der Waals surface area contributed by atoms with Crippen LogP contribution in [0.2, 0.25) is 0 Å². The summed E-state index contributed by atoms with van der Waals surface area (Å²) in [6, 6.07) is 0.650. The molecule has 3 nitrogen and oxygen atoms in total. The number of fused-ring (bicyclic) bond motifs is 1. The van der Waals surface area contributed by atoms with Gasteiger partial charge in [0, 0.05) is 37.7 Å². The van der Waals surface area contributed by atoms with E-state index >= 15 is 0 Å². The average molecular weight is 247 g/mol. The molecule has 1 fully saturated rings. The van der Waals surface area contributed by atoms with E-state index in [2.05, 4.69) is 23.7 Å². The summed E-state index contributed by atoms with van der Waals surface area (Å²) in [6.45, 7) is 6.73. The monoisotopic (exact) mass is 247 g/mol. The summed E-state index contributed by atoms with van der Waals surface area (Å²) in [5, 5.41) is 3.44. The summed E-state index contributed by atoms with van der Waals surface area (Å²) in [6.07, 6.45) is 7.89. The average Bonchev–Trinajstić information content (AvgIpc) is 3.04. The maximum atomic E-state index is 4.86. The highest BCUT2D eigenvalue weighted by atomic mass is 15.1. The van der Waals surface area contributed by atoms with Gasteiger partial charge in [-0.05, 0) is 25.7 Å². The quantitative estimate of drug-likeness (QED) is 0.890. The first-order chi connectivity index (χ1) is 8.81. The molecule has 0 radical (unpaired) electrons. The first-order valence-electron chi connectivity index (χ1n) is 7.60. The van der Waals surface area contributed by atoms with Crippen molar-refractivity contribution in [2.45, 2.75) is 65.0 Å². The fraction of sp³-hybridized carbons (Fsp3) is 0.800. The van der Waals surface area contributed by atoms with Crippen LogP contribution in [0.5, 0.6) is 0 Å². The van der Waals surface area contributed by atoms with Crippen LogP contribution < -0.4 is 5.32 Å². The van der Waals surface area contributed by atoms with Gasteiger partial charge in [-0.1, -0.05) is 19.8 Å². The molecule has 100 valence electrons. The van der Waals surface area contributed by atoms with Gasteiger partial charge in [-0.15, -0.1) is 0 Å². The molecular formula is C15H25N3. The predicted molar refractivity (Wildman–Crippen MR) is 73.7 cm³/mol. The van der Waals surface area contributed by atoms with Gasteiger partial charge in [0.05, 0.1) is 5.69 Å². The van der Waals surface area contributed by atoms with E-state index in [9.17, 15) is 0 Å². The maximum Gasteiger partial charge on any atom is 0.109 e. The molecule has 2 heterocycles. The predicted octanol–water partition coefficient (Wildman–Crippen LogP) is 2.84. The Balaban J connectivity index is 1.95. The van der Waals surface area contributed by atoms with Gasteiger partial charge in [0.15, 0.2) is 0 Å². The van der Waals surface area contributed by atoms with Gasteiger partial charge in [0.1, 0.15) is 5.82 Å². The minimum absolute atomic E-state index is 0.650. The van der Waals surface area contributed by atoms with Crippen molar-refractivity contribution in [2.24, 2.45) is 5.92 Å². The number of nitrogens with zero attached hydrogens (tertiary/aromatic N) is 2. The van der Waals surface area contributed by atoms with E-state index in [0.29, 0.717) is 6.04 Å². The molecule has 1 atom stereocenters. The number of hydrogen-bond donors (Lipinski definition) is 1. The van der Waals surface area contributed by atoms with E-state index in [1.165, 1.54) is 42.9 Å². The zero-order valence-corrected chi connectivity index (χ0v) is 11.7. The SMILES string of the molecule is CCc1nc2c(n1C(C)C1CCCC1)CCNC2. The van der Waals surface area contributed by atoms with Gasteiger partial charge >= 0.3 is 0 Å². The van der Waals surface area contributed by atoms with Crippen LogP contribution in [-0.2, 0) is 19.4 Å². The molecule has 1 unspecified atom stereocenters. The summed E-state index contributed by atoms with van der Waals surface area (Å²) in [7, 11) is 0. The fourth-order valence-electron chi connectivity index (χ4n) is 3.77. The van der Waals surface area contributed by atoms with Crippen LogP contribution in [0.15, 0.2) is 0 Å². The number of aryl methyl sites for hydroxylation is 1. The Bertz CT molecular complexity index is 416. The van der Waals surface area contributed by atoms with Crippen LogP contribution in [0.25, 0.3) is 0 Å². The third-order valence-electron chi connectivity index (χ3n) is 4.80. The summed E-state index contributed by atoms with van der Waals surface area (Å²) in [5.74, 6) is 2.19. The van der Waals surface area contributed by atoms with E-state index in [0.717, 1.165) is 31.8 Å². The van der Waals surface area contributed by atoms with E-state index in [1.807, 2.05) is 0 Å². The number of aromatic nitrogens is 2. The highest BCUT2D eigenvalue weighted by Crippen LogP contribution is 2.36. The Morgan fingerprint density at radius 2 is 2.17 bits per heavy atom. The smallest absolute Gasteiger partial charge is 0.109 e. The van der Waals surface area contributed by atoms with Gasteiger partial charge in [0.25, 0.3) is 0 Å². The van der Waals surface area contributed by atoms with Crippen LogP contribution in [-0.4, -0.2) is 16.1 Å². The Morgan fingerprint density at radius 1 is 1.39 bits per heavy atom. The van der Waals surface area contributed by atoms with E-state index in [-0.39, 0.29) is 0 Å². The number of imidazole rings is 1. The first-order valence-corrected chi connectivity index (χ1v) is 7.60. The Morgan fingerprint density at radius 3 is 2.89 bits per heavy atom. The van der Waals surface area contributed by atoms with Crippen molar-refractivity contribution >= 4 is 0 Å². The lowest BCUT2D eigenvalue weighted by atomic mass is 9.98. The van der Waals surface area contributed by atoms with Gasteiger partial charge in [-0.3, -0.25) is 0 Å². The fourth-order valence-corrected chi connectivity index (χ4v) is 3.77. The zero-order chi connectivity index (χ0) is 12.5. The lowest BCUT2D eigenvalue weighted by molar-refractivity contribution is 0.343. The minimum atomic E-state index is 0.650.